The van der Waals surface area contributed by atoms with Gasteiger partial charge in [0.15, 0.2) is 0 Å². The molecule has 3 nitrogen and oxygen atoms in total. The molecule has 2 rings (SSSR count). The summed E-state index contributed by atoms with van der Waals surface area (Å²) in [4.78, 5) is 12.1. The van der Waals surface area contributed by atoms with Crippen LogP contribution in [0.3, 0.4) is 0 Å². The van der Waals surface area contributed by atoms with Crippen molar-refractivity contribution >= 4 is 5.97 Å². The van der Waals surface area contributed by atoms with Gasteiger partial charge >= 0.3 is 12.3 Å². The standard InChI is InChI=1S/C18H23F3O3/c1-2-3-13-6-10-16(11-7-13)24-17(22)15-8-4-14(5-9-15)12-23-18(19,20)21/h4-5,8-9,13,16H,2-3,6-7,10-12H2,1H3. The molecule has 1 fully saturated rings. The van der Waals surface area contributed by atoms with Gasteiger partial charge in [0.2, 0.25) is 0 Å². The van der Waals surface area contributed by atoms with E-state index < -0.39 is 18.9 Å². The number of ether oxygens (including phenoxy) is 2. The van der Waals surface area contributed by atoms with Crippen LogP contribution in [0.5, 0.6) is 0 Å². The highest BCUT2D eigenvalue weighted by atomic mass is 19.4. The van der Waals surface area contributed by atoms with E-state index in [1.165, 1.54) is 37.1 Å². The Labute approximate surface area is 140 Å². The zero-order valence-electron chi connectivity index (χ0n) is 13.8. The van der Waals surface area contributed by atoms with Crippen molar-refractivity contribution in [2.75, 3.05) is 0 Å². The van der Waals surface area contributed by atoms with Gasteiger partial charge in [-0.05, 0) is 49.3 Å². The number of halogens is 3. The third-order valence-electron chi connectivity index (χ3n) is 4.36. The first-order chi connectivity index (χ1) is 11.4. The Bertz CT molecular complexity index is 517. The van der Waals surface area contributed by atoms with Gasteiger partial charge in [0.25, 0.3) is 0 Å². The molecule has 134 valence electrons. The van der Waals surface area contributed by atoms with Crippen LogP contribution in [0.4, 0.5) is 13.2 Å². The molecule has 1 aliphatic carbocycles. The van der Waals surface area contributed by atoms with Crippen molar-refractivity contribution in [3.05, 3.63) is 35.4 Å². The smallest absolute Gasteiger partial charge is 0.459 e. The van der Waals surface area contributed by atoms with Crippen molar-refractivity contribution in [2.24, 2.45) is 5.92 Å². The third-order valence-corrected chi connectivity index (χ3v) is 4.36. The molecule has 1 aromatic carbocycles. The highest BCUT2D eigenvalue weighted by Crippen LogP contribution is 2.29. The maximum absolute atomic E-state index is 12.1. The van der Waals surface area contributed by atoms with E-state index in [0.717, 1.165) is 31.6 Å². The fourth-order valence-electron chi connectivity index (χ4n) is 3.07. The first-order valence-electron chi connectivity index (χ1n) is 8.38. The number of alkyl halides is 3. The molecule has 0 heterocycles. The van der Waals surface area contributed by atoms with E-state index in [2.05, 4.69) is 11.7 Å². The van der Waals surface area contributed by atoms with E-state index in [1.807, 2.05) is 0 Å². The molecule has 0 radical (unpaired) electrons. The molecule has 0 spiro atoms. The molecule has 0 bridgehead atoms. The van der Waals surface area contributed by atoms with Crippen LogP contribution in [0.2, 0.25) is 0 Å². The van der Waals surface area contributed by atoms with E-state index in [0.29, 0.717) is 11.1 Å². The minimum Gasteiger partial charge on any atom is -0.459 e. The van der Waals surface area contributed by atoms with Crippen LogP contribution in [-0.2, 0) is 16.1 Å². The van der Waals surface area contributed by atoms with Gasteiger partial charge < -0.3 is 4.74 Å². The zero-order valence-corrected chi connectivity index (χ0v) is 13.8. The summed E-state index contributed by atoms with van der Waals surface area (Å²) >= 11 is 0. The SMILES string of the molecule is CCCC1CCC(OC(=O)c2ccc(COC(F)(F)F)cc2)CC1. The van der Waals surface area contributed by atoms with Crippen LogP contribution in [0, 0.1) is 5.92 Å². The summed E-state index contributed by atoms with van der Waals surface area (Å²) in [5, 5.41) is 0. The normalized spacial score (nSPS) is 21.5. The minimum absolute atomic E-state index is 0.0566. The monoisotopic (exact) mass is 344 g/mol. The molecule has 1 aromatic rings. The first-order valence-corrected chi connectivity index (χ1v) is 8.38. The van der Waals surface area contributed by atoms with Crippen LogP contribution >= 0.6 is 0 Å². The fraction of sp³-hybridized carbons (Fsp3) is 0.611. The molecular formula is C18H23F3O3. The maximum Gasteiger partial charge on any atom is 0.522 e. The van der Waals surface area contributed by atoms with Crippen LogP contribution in [0.15, 0.2) is 24.3 Å². The minimum atomic E-state index is -4.66. The summed E-state index contributed by atoms with van der Waals surface area (Å²) in [6.45, 7) is 1.61. The molecule has 24 heavy (non-hydrogen) atoms. The number of hydrogen-bond acceptors (Lipinski definition) is 3. The number of esters is 1. The van der Waals surface area contributed by atoms with Gasteiger partial charge in [0.1, 0.15) is 6.10 Å². The van der Waals surface area contributed by atoms with Crippen LogP contribution in [0.1, 0.15) is 61.4 Å². The summed E-state index contributed by atoms with van der Waals surface area (Å²) in [7, 11) is 0. The average molecular weight is 344 g/mol. The Kier molecular flexibility index (Phi) is 6.66. The Hall–Kier alpha value is -1.56. The molecule has 0 amide bonds. The van der Waals surface area contributed by atoms with Gasteiger partial charge in [0, 0.05) is 0 Å². The van der Waals surface area contributed by atoms with E-state index in [4.69, 9.17) is 4.74 Å². The molecule has 0 saturated heterocycles. The van der Waals surface area contributed by atoms with Crippen molar-refractivity contribution in [1.82, 2.24) is 0 Å². The first kappa shape index (κ1) is 18.8. The van der Waals surface area contributed by atoms with Gasteiger partial charge in [-0.1, -0.05) is 31.9 Å². The zero-order chi connectivity index (χ0) is 17.6. The quantitative estimate of drug-likeness (QED) is 0.662. The second kappa shape index (κ2) is 8.51. The van der Waals surface area contributed by atoms with Crippen LogP contribution in [-0.4, -0.2) is 18.4 Å². The molecule has 0 aliphatic heterocycles. The summed E-state index contributed by atoms with van der Waals surface area (Å²) in [6.07, 6.45) is 1.62. The number of benzene rings is 1. The van der Waals surface area contributed by atoms with Crippen LogP contribution < -0.4 is 0 Å². The molecule has 1 saturated carbocycles. The number of hydrogen-bond donors (Lipinski definition) is 0. The number of carbonyl (C=O) groups is 1. The molecule has 0 atom stereocenters. The van der Waals surface area contributed by atoms with E-state index in [9.17, 15) is 18.0 Å². The van der Waals surface area contributed by atoms with Gasteiger partial charge in [-0.2, -0.15) is 0 Å². The van der Waals surface area contributed by atoms with E-state index in [-0.39, 0.29) is 6.10 Å². The third kappa shape index (κ3) is 6.15. The van der Waals surface area contributed by atoms with Crippen molar-refractivity contribution < 1.29 is 27.4 Å². The highest BCUT2D eigenvalue weighted by molar-refractivity contribution is 5.89. The average Bonchev–Trinajstić information content (AvgIpc) is 2.55. The van der Waals surface area contributed by atoms with Crippen LogP contribution in [0.25, 0.3) is 0 Å². The highest BCUT2D eigenvalue weighted by Gasteiger charge is 2.29. The maximum atomic E-state index is 12.1. The van der Waals surface area contributed by atoms with Crippen molar-refractivity contribution in [3.63, 3.8) is 0 Å². The number of rotatable bonds is 6. The van der Waals surface area contributed by atoms with E-state index in [1.54, 1.807) is 0 Å². The number of carbonyl (C=O) groups excluding carboxylic acids is 1. The Morgan fingerprint density at radius 3 is 2.29 bits per heavy atom. The summed E-state index contributed by atoms with van der Waals surface area (Å²) < 4.78 is 45.2. The molecule has 6 heteroatoms. The fourth-order valence-corrected chi connectivity index (χ4v) is 3.07. The summed E-state index contributed by atoms with van der Waals surface area (Å²) in [5.41, 5.74) is 0.699. The van der Waals surface area contributed by atoms with Gasteiger partial charge in [-0.15, -0.1) is 13.2 Å². The van der Waals surface area contributed by atoms with Crippen molar-refractivity contribution in [2.45, 2.75) is 64.5 Å². The summed E-state index contributed by atoms with van der Waals surface area (Å²) in [6, 6.07) is 5.83. The Morgan fingerprint density at radius 2 is 1.75 bits per heavy atom. The molecule has 0 aromatic heterocycles. The largest absolute Gasteiger partial charge is 0.522 e. The lowest BCUT2D eigenvalue weighted by Gasteiger charge is -2.28. The van der Waals surface area contributed by atoms with E-state index >= 15 is 0 Å². The van der Waals surface area contributed by atoms with Gasteiger partial charge in [-0.25, -0.2) is 4.79 Å². The van der Waals surface area contributed by atoms with Gasteiger partial charge in [-0.3, -0.25) is 4.74 Å². The lowest BCUT2D eigenvalue weighted by atomic mass is 9.85. The molecule has 0 N–H and O–H groups in total. The second-order valence-corrected chi connectivity index (χ2v) is 6.27. The topological polar surface area (TPSA) is 35.5 Å². The van der Waals surface area contributed by atoms with Gasteiger partial charge in [0.05, 0.1) is 12.2 Å². The molecule has 0 unspecified atom stereocenters. The van der Waals surface area contributed by atoms with Crippen molar-refractivity contribution in [3.8, 4) is 0 Å². The lowest BCUT2D eigenvalue weighted by molar-refractivity contribution is -0.330. The predicted octanol–water partition coefficient (Wildman–Crippen LogP) is 5.24. The predicted molar refractivity (Wildman–Crippen MR) is 83.4 cm³/mol. The Morgan fingerprint density at radius 1 is 1.12 bits per heavy atom. The molecule has 1 aliphatic rings. The summed E-state index contributed by atoms with van der Waals surface area (Å²) in [5.74, 6) is 0.315. The van der Waals surface area contributed by atoms with Crippen molar-refractivity contribution in [1.29, 1.82) is 0 Å². The Balaban J connectivity index is 1.80. The molecular weight excluding hydrogens is 321 g/mol. The lowest BCUT2D eigenvalue weighted by Crippen LogP contribution is -2.24. The second-order valence-electron chi connectivity index (χ2n) is 6.27.